The Bertz CT molecular complexity index is 1080. The molecular weight excluding hydrogens is 426 g/mol. The maximum Gasteiger partial charge on any atom is 0.349 e. The van der Waals surface area contributed by atoms with E-state index in [2.05, 4.69) is 0 Å². The molecule has 0 amide bonds. The number of sulfonamides is 1. The average molecular weight is 446 g/mol. The topological polar surface area (TPSA) is 107 Å². The Morgan fingerprint density at radius 1 is 1.25 bits per heavy atom. The van der Waals surface area contributed by atoms with Gasteiger partial charge < -0.3 is 9.47 Å². The lowest BCUT2D eigenvalue weighted by atomic mass is 10.2. The summed E-state index contributed by atoms with van der Waals surface area (Å²) in [5.41, 5.74) is 0.0727. The average Bonchev–Trinajstić information content (AvgIpc) is 3.22. The molecule has 0 radical (unpaired) electrons. The van der Waals surface area contributed by atoms with Crippen molar-refractivity contribution in [1.29, 1.82) is 0 Å². The number of carbonyl (C=O) groups excluding carboxylic acids is 1. The maximum atomic E-state index is 13.1. The molecule has 0 aliphatic carbocycles. The summed E-state index contributed by atoms with van der Waals surface area (Å²) in [4.78, 5) is 12.2. The van der Waals surface area contributed by atoms with Gasteiger partial charge in [0, 0.05) is 0 Å². The SMILES string of the molecule is CCOC(=O)C1CN(S(=O)(=O)c2cccs2)c2cc(S(=O)(=O)CC)ccc2O1. The van der Waals surface area contributed by atoms with E-state index in [0.717, 1.165) is 15.6 Å². The van der Waals surface area contributed by atoms with Gasteiger partial charge >= 0.3 is 5.97 Å². The van der Waals surface area contributed by atoms with Crippen LogP contribution in [-0.4, -0.2) is 47.8 Å². The first-order chi connectivity index (χ1) is 13.2. The van der Waals surface area contributed by atoms with Crippen molar-refractivity contribution < 1.29 is 31.1 Å². The number of hydrogen-bond donors (Lipinski definition) is 0. The third kappa shape index (κ3) is 3.74. The van der Waals surface area contributed by atoms with Crippen molar-refractivity contribution >= 4 is 42.9 Å². The van der Waals surface area contributed by atoms with E-state index in [0.29, 0.717) is 0 Å². The number of carbonyl (C=O) groups is 1. The van der Waals surface area contributed by atoms with Gasteiger partial charge in [-0.05, 0) is 36.6 Å². The fourth-order valence-electron chi connectivity index (χ4n) is 2.70. The lowest BCUT2D eigenvalue weighted by Crippen LogP contribution is -2.47. The zero-order valence-corrected chi connectivity index (χ0v) is 17.6. The van der Waals surface area contributed by atoms with E-state index < -0.39 is 31.9 Å². The van der Waals surface area contributed by atoms with Crippen LogP contribution in [0, 0.1) is 0 Å². The molecule has 2 heterocycles. The lowest BCUT2D eigenvalue weighted by molar-refractivity contribution is -0.151. The molecule has 0 saturated carbocycles. The van der Waals surface area contributed by atoms with Crippen LogP contribution in [0.25, 0.3) is 0 Å². The second-order valence-electron chi connectivity index (χ2n) is 5.86. The van der Waals surface area contributed by atoms with Crippen LogP contribution in [0.1, 0.15) is 13.8 Å². The Hall–Kier alpha value is -2.11. The highest BCUT2D eigenvalue weighted by molar-refractivity contribution is 7.94. The quantitative estimate of drug-likeness (QED) is 0.627. The minimum atomic E-state index is -4.01. The molecule has 8 nitrogen and oxygen atoms in total. The molecule has 0 bridgehead atoms. The van der Waals surface area contributed by atoms with Gasteiger partial charge in [0.05, 0.1) is 29.5 Å². The van der Waals surface area contributed by atoms with Crippen molar-refractivity contribution in [1.82, 2.24) is 0 Å². The minimum Gasteiger partial charge on any atom is -0.475 e. The van der Waals surface area contributed by atoms with Gasteiger partial charge in [-0.15, -0.1) is 11.3 Å². The molecule has 0 N–H and O–H groups in total. The van der Waals surface area contributed by atoms with E-state index in [9.17, 15) is 21.6 Å². The van der Waals surface area contributed by atoms with Gasteiger partial charge in [0.2, 0.25) is 6.10 Å². The molecule has 0 fully saturated rings. The maximum absolute atomic E-state index is 13.1. The molecule has 0 saturated heterocycles. The summed E-state index contributed by atoms with van der Waals surface area (Å²) in [5, 5.41) is 1.62. The zero-order valence-electron chi connectivity index (χ0n) is 15.2. The number of rotatable bonds is 6. The van der Waals surface area contributed by atoms with Crippen LogP contribution in [0.5, 0.6) is 5.75 Å². The van der Waals surface area contributed by atoms with Crippen molar-refractivity contribution in [3.05, 3.63) is 35.7 Å². The van der Waals surface area contributed by atoms with Gasteiger partial charge in [-0.25, -0.2) is 21.6 Å². The Balaban J connectivity index is 2.14. The lowest BCUT2D eigenvalue weighted by Gasteiger charge is -2.34. The third-order valence-electron chi connectivity index (χ3n) is 4.13. The van der Waals surface area contributed by atoms with Gasteiger partial charge in [-0.3, -0.25) is 4.31 Å². The molecule has 1 aromatic carbocycles. The standard InChI is InChI=1S/C17H19NO7S3/c1-3-24-17(19)15-11-18(28(22,23)16-6-5-9-26-16)13-10-12(27(20,21)4-2)7-8-14(13)25-15/h5-10,15H,3-4,11H2,1-2H3. The molecule has 0 spiro atoms. The molecule has 1 aromatic heterocycles. The van der Waals surface area contributed by atoms with Crippen molar-refractivity contribution in [2.75, 3.05) is 23.2 Å². The molecule has 152 valence electrons. The van der Waals surface area contributed by atoms with E-state index in [1.807, 2.05) is 0 Å². The number of sulfone groups is 1. The number of hydrogen-bond acceptors (Lipinski definition) is 8. The van der Waals surface area contributed by atoms with E-state index in [1.54, 1.807) is 18.4 Å². The van der Waals surface area contributed by atoms with Crippen molar-refractivity contribution in [3.8, 4) is 5.75 Å². The molecule has 2 aromatic rings. The van der Waals surface area contributed by atoms with Gasteiger partial charge in [0.15, 0.2) is 9.84 Å². The minimum absolute atomic E-state index is 0.0154. The summed E-state index contributed by atoms with van der Waals surface area (Å²) < 4.78 is 62.5. The molecule has 11 heteroatoms. The first kappa shape index (κ1) is 20.6. The summed E-state index contributed by atoms with van der Waals surface area (Å²) in [6, 6.07) is 7.00. The molecular formula is C17H19NO7S3. The van der Waals surface area contributed by atoms with Gasteiger partial charge in [0.25, 0.3) is 10.0 Å². The second-order valence-corrected chi connectivity index (χ2v) is 11.2. The Labute approximate surface area is 167 Å². The molecule has 3 rings (SSSR count). The molecule has 28 heavy (non-hydrogen) atoms. The molecule has 1 aliphatic heterocycles. The molecule has 1 aliphatic rings. The van der Waals surface area contributed by atoms with Crippen LogP contribution in [0.2, 0.25) is 0 Å². The summed E-state index contributed by atoms with van der Waals surface area (Å²) >= 11 is 1.03. The van der Waals surface area contributed by atoms with Crippen LogP contribution in [0.4, 0.5) is 5.69 Å². The number of esters is 1. The smallest absolute Gasteiger partial charge is 0.349 e. The molecule has 1 atom stereocenters. The number of thiophene rings is 1. The van der Waals surface area contributed by atoms with E-state index in [-0.39, 0.29) is 39.4 Å². The predicted molar refractivity (Wildman–Crippen MR) is 104 cm³/mol. The fraction of sp³-hybridized carbons (Fsp3) is 0.353. The summed E-state index contributed by atoms with van der Waals surface area (Å²) in [6.45, 7) is 2.94. The van der Waals surface area contributed by atoms with Crippen LogP contribution >= 0.6 is 11.3 Å². The number of ether oxygens (including phenoxy) is 2. The number of fused-ring (bicyclic) bond motifs is 1. The number of benzene rings is 1. The van der Waals surface area contributed by atoms with Crippen molar-refractivity contribution in [3.63, 3.8) is 0 Å². The van der Waals surface area contributed by atoms with Crippen LogP contribution in [0.3, 0.4) is 0 Å². The van der Waals surface area contributed by atoms with Crippen LogP contribution in [0.15, 0.2) is 44.8 Å². The normalized spacial score (nSPS) is 16.9. The highest BCUT2D eigenvalue weighted by Crippen LogP contribution is 2.39. The Morgan fingerprint density at radius 2 is 2.00 bits per heavy atom. The second kappa shape index (κ2) is 7.72. The first-order valence-electron chi connectivity index (χ1n) is 8.47. The highest BCUT2D eigenvalue weighted by atomic mass is 32.2. The van der Waals surface area contributed by atoms with E-state index in [4.69, 9.17) is 9.47 Å². The Kier molecular flexibility index (Phi) is 5.69. The molecule has 1 unspecified atom stereocenters. The van der Waals surface area contributed by atoms with Crippen molar-refractivity contribution in [2.45, 2.75) is 29.1 Å². The summed E-state index contributed by atoms with van der Waals surface area (Å²) in [6.07, 6.45) is -1.16. The number of nitrogens with zero attached hydrogens (tertiary/aromatic N) is 1. The van der Waals surface area contributed by atoms with Gasteiger partial charge in [-0.2, -0.15) is 0 Å². The predicted octanol–water partition coefficient (Wildman–Crippen LogP) is 2.06. The van der Waals surface area contributed by atoms with Crippen molar-refractivity contribution in [2.24, 2.45) is 0 Å². The first-order valence-corrected chi connectivity index (χ1v) is 12.4. The van der Waals surface area contributed by atoms with Gasteiger partial charge in [0.1, 0.15) is 9.96 Å². The third-order valence-corrected chi connectivity index (χ3v) is 9.01. The van der Waals surface area contributed by atoms with Crippen LogP contribution < -0.4 is 9.04 Å². The monoisotopic (exact) mass is 445 g/mol. The van der Waals surface area contributed by atoms with E-state index in [1.165, 1.54) is 31.2 Å². The number of anilines is 1. The zero-order chi connectivity index (χ0) is 20.5. The van der Waals surface area contributed by atoms with E-state index >= 15 is 0 Å². The highest BCUT2D eigenvalue weighted by Gasteiger charge is 2.39. The summed E-state index contributed by atoms with van der Waals surface area (Å²) in [7, 11) is -7.57. The summed E-state index contributed by atoms with van der Waals surface area (Å²) in [5.74, 6) is -0.722. The Morgan fingerprint density at radius 3 is 2.61 bits per heavy atom. The van der Waals surface area contributed by atoms with Crippen LogP contribution in [-0.2, 0) is 29.4 Å². The fourth-order valence-corrected chi connectivity index (χ4v) is 6.17. The van der Waals surface area contributed by atoms with Gasteiger partial charge in [-0.1, -0.05) is 13.0 Å². The largest absolute Gasteiger partial charge is 0.475 e.